The van der Waals surface area contributed by atoms with E-state index >= 15 is 0 Å². The van der Waals surface area contributed by atoms with Gasteiger partial charge in [-0.3, -0.25) is 19.3 Å². The van der Waals surface area contributed by atoms with Crippen LogP contribution in [0.25, 0.3) is 0 Å². The number of amides is 2. The highest BCUT2D eigenvalue weighted by molar-refractivity contribution is 6.39. The van der Waals surface area contributed by atoms with Crippen molar-refractivity contribution in [3.05, 3.63) is 29.8 Å². The van der Waals surface area contributed by atoms with Gasteiger partial charge in [0.15, 0.2) is 5.78 Å². The van der Waals surface area contributed by atoms with Crippen LogP contribution in [0.2, 0.25) is 0 Å². The van der Waals surface area contributed by atoms with Crippen LogP contribution in [0.3, 0.4) is 0 Å². The predicted molar refractivity (Wildman–Crippen MR) is 95.5 cm³/mol. The van der Waals surface area contributed by atoms with Crippen LogP contribution in [0, 0.1) is 0 Å². The van der Waals surface area contributed by atoms with Crippen LogP contribution in [-0.2, 0) is 9.59 Å². The number of carbonyl (C=O) groups is 3. The highest BCUT2D eigenvalue weighted by atomic mass is 16.2. The second kappa shape index (κ2) is 7.78. The molecule has 2 aliphatic rings. The van der Waals surface area contributed by atoms with E-state index in [-0.39, 0.29) is 11.8 Å². The van der Waals surface area contributed by atoms with Crippen LogP contribution < -0.4 is 10.6 Å². The number of carbonyl (C=O) groups excluding carboxylic acids is 3. The van der Waals surface area contributed by atoms with E-state index in [0.29, 0.717) is 17.3 Å². The van der Waals surface area contributed by atoms with Crippen molar-refractivity contribution < 1.29 is 14.4 Å². The van der Waals surface area contributed by atoms with E-state index in [4.69, 9.17) is 0 Å². The van der Waals surface area contributed by atoms with Crippen molar-refractivity contribution in [3.63, 3.8) is 0 Å². The average Bonchev–Trinajstić information content (AvgIpc) is 3.26. The Morgan fingerprint density at radius 2 is 1.84 bits per heavy atom. The van der Waals surface area contributed by atoms with Crippen LogP contribution in [0.15, 0.2) is 24.3 Å². The third-order valence-corrected chi connectivity index (χ3v) is 5.13. The molecule has 0 unspecified atom stereocenters. The number of likely N-dealkylation sites (tertiary alicyclic amines) is 1. The number of hydrogen-bond donors (Lipinski definition) is 2. The monoisotopic (exact) mass is 343 g/mol. The third kappa shape index (κ3) is 4.45. The summed E-state index contributed by atoms with van der Waals surface area (Å²) in [6.45, 7) is 3.27. The second-order valence-electron chi connectivity index (χ2n) is 6.98. The molecule has 1 aliphatic heterocycles. The SMILES string of the molecule is CC(=O)c1cccc(NC(=O)C(=O)N[C@H]2CCN(C3CCCC3)C2)c1. The molecule has 6 heteroatoms. The topological polar surface area (TPSA) is 78.5 Å². The predicted octanol–water partition coefficient (Wildman–Crippen LogP) is 1.96. The molecule has 1 aromatic rings. The molecule has 1 aromatic carbocycles. The summed E-state index contributed by atoms with van der Waals surface area (Å²) in [5.74, 6) is -1.40. The molecular weight excluding hydrogens is 318 g/mol. The number of nitrogens with one attached hydrogen (secondary N) is 2. The van der Waals surface area contributed by atoms with Crippen molar-refractivity contribution in [1.82, 2.24) is 10.2 Å². The van der Waals surface area contributed by atoms with E-state index in [9.17, 15) is 14.4 Å². The Morgan fingerprint density at radius 1 is 1.08 bits per heavy atom. The summed E-state index contributed by atoms with van der Waals surface area (Å²) < 4.78 is 0. The van der Waals surface area contributed by atoms with Crippen LogP contribution in [-0.4, -0.2) is 47.7 Å². The quantitative estimate of drug-likeness (QED) is 0.647. The average molecular weight is 343 g/mol. The Balaban J connectivity index is 1.50. The van der Waals surface area contributed by atoms with Crippen LogP contribution in [0.5, 0.6) is 0 Å². The van der Waals surface area contributed by atoms with Gasteiger partial charge in [0, 0.05) is 36.4 Å². The normalized spacial score (nSPS) is 21.2. The minimum Gasteiger partial charge on any atom is -0.344 e. The highest BCUT2D eigenvalue weighted by Gasteiger charge is 2.31. The van der Waals surface area contributed by atoms with E-state index in [1.54, 1.807) is 24.3 Å². The first-order valence-electron chi connectivity index (χ1n) is 9.00. The van der Waals surface area contributed by atoms with Gasteiger partial charge in [0.05, 0.1) is 0 Å². The van der Waals surface area contributed by atoms with Gasteiger partial charge in [0.25, 0.3) is 0 Å². The summed E-state index contributed by atoms with van der Waals surface area (Å²) in [4.78, 5) is 38.1. The Morgan fingerprint density at radius 3 is 2.56 bits per heavy atom. The molecule has 0 radical (unpaired) electrons. The fourth-order valence-corrected chi connectivity index (χ4v) is 3.76. The van der Waals surface area contributed by atoms with E-state index in [0.717, 1.165) is 19.5 Å². The maximum absolute atomic E-state index is 12.1. The van der Waals surface area contributed by atoms with Gasteiger partial charge in [0.1, 0.15) is 0 Å². The summed E-state index contributed by atoms with van der Waals surface area (Å²) in [5.41, 5.74) is 0.952. The maximum Gasteiger partial charge on any atom is 0.313 e. The van der Waals surface area contributed by atoms with Gasteiger partial charge in [-0.1, -0.05) is 25.0 Å². The van der Waals surface area contributed by atoms with Crippen molar-refractivity contribution in [2.75, 3.05) is 18.4 Å². The Labute approximate surface area is 148 Å². The Hall–Kier alpha value is -2.21. The first kappa shape index (κ1) is 17.6. The molecule has 134 valence electrons. The summed E-state index contributed by atoms with van der Waals surface area (Å²) >= 11 is 0. The summed E-state index contributed by atoms with van der Waals surface area (Å²) in [7, 11) is 0. The molecule has 2 fully saturated rings. The molecular formula is C19H25N3O3. The largest absolute Gasteiger partial charge is 0.344 e. The molecule has 0 bridgehead atoms. The van der Waals surface area contributed by atoms with Crippen molar-refractivity contribution in [2.24, 2.45) is 0 Å². The summed E-state index contributed by atoms with van der Waals surface area (Å²) in [5, 5.41) is 5.39. The van der Waals surface area contributed by atoms with Crippen molar-refractivity contribution in [2.45, 2.75) is 51.1 Å². The number of nitrogens with zero attached hydrogens (tertiary/aromatic N) is 1. The number of rotatable bonds is 4. The zero-order valence-corrected chi connectivity index (χ0v) is 14.6. The van der Waals surface area contributed by atoms with Crippen molar-refractivity contribution in [3.8, 4) is 0 Å². The Bertz CT molecular complexity index is 668. The summed E-state index contributed by atoms with van der Waals surface area (Å²) in [6.07, 6.45) is 5.95. The summed E-state index contributed by atoms with van der Waals surface area (Å²) in [6, 6.07) is 7.27. The van der Waals surface area contributed by atoms with E-state index < -0.39 is 11.8 Å². The fourth-order valence-electron chi connectivity index (χ4n) is 3.76. The molecule has 6 nitrogen and oxygen atoms in total. The molecule has 1 saturated carbocycles. The lowest BCUT2D eigenvalue weighted by atomic mass is 10.1. The minimum atomic E-state index is -0.694. The molecule has 2 amide bonds. The van der Waals surface area contributed by atoms with Gasteiger partial charge in [-0.15, -0.1) is 0 Å². The Kier molecular flexibility index (Phi) is 5.48. The first-order chi connectivity index (χ1) is 12.0. The molecule has 2 N–H and O–H groups in total. The van der Waals surface area contributed by atoms with Crippen molar-refractivity contribution in [1.29, 1.82) is 0 Å². The number of Topliss-reactive ketones (excluding diaryl/α,β-unsaturated/α-hetero) is 1. The standard InChI is InChI=1S/C19H25N3O3/c1-13(23)14-5-4-6-15(11-14)20-18(24)19(25)21-16-9-10-22(12-16)17-7-2-3-8-17/h4-6,11,16-17H,2-3,7-10,12H2,1H3,(H,20,24)(H,21,25)/t16-/m0/s1. The zero-order chi connectivity index (χ0) is 17.8. The minimum absolute atomic E-state index is 0.0300. The van der Waals surface area contributed by atoms with Gasteiger partial charge in [-0.25, -0.2) is 0 Å². The van der Waals surface area contributed by atoms with Gasteiger partial charge < -0.3 is 10.6 Å². The van der Waals surface area contributed by atoms with E-state index in [2.05, 4.69) is 15.5 Å². The molecule has 1 aliphatic carbocycles. The molecule has 3 rings (SSSR count). The number of hydrogen-bond acceptors (Lipinski definition) is 4. The molecule has 1 heterocycles. The maximum atomic E-state index is 12.1. The van der Waals surface area contributed by atoms with Crippen LogP contribution >= 0.6 is 0 Å². The molecule has 1 atom stereocenters. The lowest BCUT2D eigenvalue weighted by Gasteiger charge is -2.23. The van der Waals surface area contributed by atoms with Crippen molar-refractivity contribution >= 4 is 23.3 Å². The van der Waals surface area contributed by atoms with Gasteiger partial charge in [0.2, 0.25) is 0 Å². The first-order valence-corrected chi connectivity index (χ1v) is 9.00. The number of anilines is 1. The lowest BCUT2D eigenvalue weighted by molar-refractivity contribution is -0.136. The number of ketones is 1. The lowest BCUT2D eigenvalue weighted by Crippen LogP contribution is -2.43. The zero-order valence-electron chi connectivity index (χ0n) is 14.6. The molecule has 25 heavy (non-hydrogen) atoms. The van der Waals surface area contributed by atoms with Gasteiger partial charge in [-0.05, 0) is 38.3 Å². The van der Waals surface area contributed by atoms with Gasteiger partial charge >= 0.3 is 11.8 Å². The van der Waals surface area contributed by atoms with E-state index in [1.165, 1.54) is 32.6 Å². The molecule has 0 aromatic heterocycles. The van der Waals surface area contributed by atoms with Crippen LogP contribution in [0.4, 0.5) is 5.69 Å². The van der Waals surface area contributed by atoms with Gasteiger partial charge in [-0.2, -0.15) is 0 Å². The number of benzene rings is 1. The molecule has 1 saturated heterocycles. The third-order valence-electron chi connectivity index (χ3n) is 5.13. The second-order valence-corrected chi connectivity index (χ2v) is 6.98. The smallest absolute Gasteiger partial charge is 0.313 e. The fraction of sp³-hybridized carbons (Fsp3) is 0.526. The van der Waals surface area contributed by atoms with Crippen LogP contribution in [0.1, 0.15) is 49.4 Å². The molecule has 0 spiro atoms. The highest BCUT2D eigenvalue weighted by Crippen LogP contribution is 2.26. The van der Waals surface area contributed by atoms with E-state index in [1.807, 2.05) is 0 Å².